The van der Waals surface area contributed by atoms with E-state index in [0.717, 1.165) is 37.9 Å². The molecule has 0 saturated heterocycles. The summed E-state index contributed by atoms with van der Waals surface area (Å²) in [4.78, 5) is 15.8. The van der Waals surface area contributed by atoms with E-state index in [2.05, 4.69) is 10.3 Å². The maximum Gasteiger partial charge on any atom is 0.255 e. The number of carbonyl (C=O) groups excluding carboxylic acids is 1. The quantitative estimate of drug-likeness (QED) is 0.847. The van der Waals surface area contributed by atoms with Gasteiger partial charge in [0.15, 0.2) is 0 Å². The molecule has 98 valence electrons. The molecule has 0 atom stereocenters. The van der Waals surface area contributed by atoms with Crippen LogP contribution < -0.4 is 11.1 Å². The molecule has 0 aliphatic heterocycles. The number of anilines is 1. The van der Waals surface area contributed by atoms with Crippen LogP contribution in [0.2, 0.25) is 0 Å². The van der Waals surface area contributed by atoms with Crippen molar-refractivity contribution in [2.45, 2.75) is 44.6 Å². The summed E-state index contributed by atoms with van der Waals surface area (Å²) in [5.41, 5.74) is 5.50. The number of hydrogen-bond acceptors (Lipinski definition) is 3. The van der Waals surface area contributed by atoms with Gasteiger partial charge in [-0.15, -0.1) is 0 Å². The van der Waals surface area contributed by atoms with E-state index in [1.54, 1.807) is 0 Å². The van der Waals surface area contributed by atoms with Gasteiger partial charge in [0.05, 0.1) is 11.8 Å². The van der Waals surface area contributed by atoms with Crippen molar-refractivity contribution in [1.29, 1.82) is 0 Å². The van der Waals surface area contributed by atoms with Crippen molar-refractivity contribution < 1.29 is 9.18 Å². The number of nitrogens with one attached hydrogen (secondary N) is 1. The third-order valence-corrected chi connectivity index (χ3v) is 3.50. The molecule has 3 N–H and O–H groups in total. The van der Waals surface area contributed by atoms with E-state index in [1.165, 1.54) is 6.42 Å². The van der Waals surface area contributed by atoms with Gasteiger partial charge in [-0.3, -0.25) is 4.79 Å². The average molecular weight is 251 g/mol. The summed E-state index contributed by atoms with van der Waals surface area (Å²) < 4.78 is 13.1. The highest BCUT2D eigenvalue weighted by atomic mass is 19.1. The van der Waals surface area contributed by atoms with E-state index in [4.69, 9.17) is 5.73 Å². The van der Waals surface area contributed by atoms with Crippen LogP contribution in [0.1, 0.15) is 49.4 Å². The van der Waals surface area contributed by atoms with Crippen molar-refractivity contribution in [2.24, 2.45) is 0 Å². The Balaban J connectivity index is 2.14. The summed E-state index contributed by atoms with van der Waals surface area (Å²) in [6, 6.07) is 1.13. The molecule has 1 aromatic heterocycles. The van der Waals surface area contributed by atoms with E-state index in [-0.39, 0.29) is 22.8 Å². The first kappa shape index (κ1) is 12.8. The zero-order valence-corrected chi connectivity index (χ0v) is 10.5. The molecular weight excluding hydrogens is 233 g/mol. The molecule has 0 radical (unpaired) electrons. The lowest BCUT2D eigenvalue weighted by molar-refractivity contribution is 0.0883. The first-order valence-electron chi connectivity index (χ1n) is 6.24. The van der Waals surface area contributed by atoms with E-state index in [0.29, 0.717) is 0 Å². The van der Waals surface area contributed by atoms with Crippen molar-refractivity contribution in [3.05, 3.63) is 23.6 Å². The van der Waals surface area contributed by atoms with Crippen LogP contribution in [-0.4, -0.2) is 16.4 Å². The van der Waals surface area contributed by atoms with Crippen LogP contribution in [0.3, 0.4) is 0 Å². The zero-order valence-electron chi connectivity index (χ0n) is 10.5. The van der Waals surface area contributed by atoms with Gasteiger partial charge in [0.2, 0.25) is 0 Å². The Labute approximate surface area is 106 Å². The van der Waals surface area contributed by atoms with Crippen LogP contribution in [0, 0.1) is 5.82 Å². The van der Waals surface area contributed by atoms with Gasteiger partial charge in [-0.25, -0.2) is 9.37 Å². The molecule has 0 unspecified atom stereocenters. The molecule has 4 nitrogen and oxygen atoms in total. The van der Waals surface area contributed by atoms with Crippen LogP contribution in [-0.2, 0) is 0 Å². The van der Waals surface area contributed by atoms with Gasteiger partial charge >= 0.3 is 0 Å². The Kier molecular flexibility index (Phi) is 3.50. The second kappa shape index (κ2) is 4.92. The molecule has 1 amide bonds. The van der Waals surface area contributed by atoms with Gasteiger partial charge in [0, 0.05) is 5.54 Å². The molecule has 2 rings (SSSR count). The lowest BCUT2D eigenvalue weighted by Gasteiger charge is -2.34. The fraction of sp³-hybridized carbons (Fsp3) is 0.538. The van der Waals surface area contributed by atoms with Crippen LogP contribution in [0.4, 0.5) is 10.2 Å². The number of amides is 1. The van der Waals surface area contributed by atoms with Crippen molar-refractivity contribution in [3.8, 4) is 0 Å². The summed E-state index contributed by atoms with van der Waals surface area (Å²) in [7, 11) is 0. The maximum absolute atomic E-state index is 13.1. The topological polar surface area (TPSA) is 68.0 Å². The molecule has 1 aliphatic rings. The van der Waals surface area contributed by atoms with Gasteiger partial charge in [-0.1, -0.05) is 19.3 Å². The van der Waals surface area contributed by atoms with Crippen LogP contribution in [0.25, 0.3) is 0 Å². The number of pyridine rings is 1. The second-order valence-electron chi connectivity index (χ2n) is 5.16. The minimum atomic E-state index is -0.553. The Bertz CT molecular complexity index is 456. The van der Waals surface area contributed by atoms with E-state index < -0.39 is 5.82 Å². The first-order valence-corrected chi connectivity index (χ1v) is 6.24. The highest BCUT2D eigenvalue weighted by Gasteiger charge is 2.29. The number of nitrogens with two attached hydrogens (primary N) is 1. The minimum Gasteiger partial charge on any atom is -0.383 e. The lowest BCUT2D eigenvalue weighted by Crippen LogP contribution is -2.47. The third kappa shape index (κ3) is 2.78. The standard InChI is InChI=1S/C13H18FN3O/c1-13(5-3-2-4-6-13)17-12(18)10-7-9(14)8-16-11(10)15/h7-8H,2-6H2,1H3,(H2,15,16)(H,17,18). The largest absolute Gasteiger partial charge is 0.383 e. The van der Waals surface area contributed by atoms with Gasteiger partial charge in [0.25, 0.3) is 5.91 Å². The Morgan fingerprint density at radius 3 is 2.78 bits per heavy atom. The fourth-order valence-corrected chi connectivity index (χ4v) is 2.43. The minimum absolute atomic E-state index is 0.0632. The molecule has 1 aliphatic carbocycles. The van der Waals surface area contributed by atoms with Crippen molar-refractivity contribution in [2.75, 3.05) is 5.73 Å². The van der Waals surface area contributed by atoms with Gasteiger partial charge in [0.1, 0.15) is 11.6 Å². The molecule has 1 saturated carbocycles. The fourth-order valence-electron chi connectivity index (χ4n) is 2.43. The molecule has 1 fully saturated rings. The molecule has 18 heavy (non-hydrogen) atoms. The predicted octanol–water partition coefficient (Wildman–Crippen LogP) is 2.26. The normalized spacial score (nSPS) is 18.3. The van der Waals surface area contributed by atoms with Gasteiger partial charge < -0.3 is 11.1 Å². The second-order valence-corrected chi connectivity index (χ2v) is 5.16. The number of carbonyl (C=O) groups is 1. The molecule has 0 bridgehead atoms. The number of halogens is 1. The summed E-state index contributed by atoms with van der Waals surface area (Å²) in [5.74, 6) is -0.833. The third-order valence-electron chi connectivity index (χ3n) is 3.50. The zero-order chi connectivity index (χ0) is 13.2. The number of hydrogen-bond donors (Lipinski definition) is 2. The van der Waals surface area contributed by atoms with Crippen molar-refractivity contribution in [3.63, 3.8) is 0 Å². The summed E-state index contributed by atoms with van der Waals surface area (Å²) in [5, 5.41) is 2.95. The molecule has 0 spiro atoms. The Morgan fingerprint density at radius 2 is 2.11 bits per heavy atom. The number of aromatic nitrogens is 1. The van der Waals surface area contributed by atoms with E-state index >= 15 is 0 Å². The summed E-state index contributed by atoms with van der Waals surface area (Å²) in [6.45, 7) is 2.02. The Morgan fingerprint density at radius 1 is 1.44 bits per heavy atom. The lowest BCUT2D eigenvalue weighted by atomic mass is 9.83. The Hall–Kier alpha value is -1.65. The highest BCUT2D eigenvalue weighted by Crippen LogP contribution is 2.28. The highest BCUT2D eigenvalue weighted by molar-refractivity contribution is 5.98. The van der Waals surface area contributed by atoms with E-state index in [1.807, 2.05) is 6.92 Å². The number of nitrogen functional groups attached to an aromatic ring is 1. The van der Waals surface area contributed by atoms with Crippen molar-refractivity contribution in [1.82, 2.24) is 10.3 Å². The van der Waals surface area contributed by atoms with Crippen LogP contribution >= 0.6 is 0 Å². The monoisotopic (exact) mass is 251 g/mol. The smallest absolute Gasteiger partial charge is 0.255 e. The molecule has 1 heterocycles. The molecule has 5 heteroatoms. The first-order chi connectivity index (χ1) is 8.50. The van der Waals surface area contributed by atoms with Crippen LogP contribution in [0.5, 0.6) is 0 Å². The average Bonchev–Trinajstić information content (AvgIpc) is 2.32. The van der Waals surface area contributed by atoms with Gasteiger partial charge in [-0.05, 0) is 25.8 Å². The van der Waals surface area contributed by atoms with Gasteiger partial charge in [-0.2, -0.15) is 0 Å². The summed E-state index contributed by atoms with van der Waals surface area (Å²) >= 11 is 0. The molecule has 0 aromatic carbocycles. The van der Waals surface area contributed by atoms with Crippen LogP contribution in [0.15, 0.2) is 12.3 Å². The van der Waals surface area contributed by atoms with Crippen molar-refractivity contribution >= 4 is 11.7 Å². The molecule has 1 aromatic rings. The SMILES string of the molecule is CC1(NC(=O)c2cc(F)cnc2N)CCCCC1. The number of nitrogens with zero attached hydrogens (tertiary/aromatic N) is 1. The van der Waals surface area contributed by atoms with E-state index in [9.17, 15) is 9.18 Å². The maximum atomic E-state index is 13.1. The molecular formula is C13H18FN3O. The summed E-state index contributed by atoms with van der Waals surface area (Å²) in [6.07, 6.45) is 6.31. The predicted molar refractivity (Wildman–Crippen MR) is 67.6 cm³/mol. The number of rotatable bonds is 2.